The standard InChI is InChI=1S/C25H28N2O8S/c1-34-13-3-10-27-22(18-4-2-5-19(28)16-18)21(24(30)25(27)31)23(29)17-6-8-20(9-7-17)36(32,33)26-11-14-35-15-12-26/h2,4-9,16,22,28-29H,3,10-15H2,1H3/t22-/m0/s1. The van der Waals surface area contributed by atoms with Crippen molar-refractivity contribution in [3.05, 3.63) is 65.2 Å². The number of phenols is 1. The number of carbonyl (C=O) groups excluding carboxylic acids is 2. The number of aliphatic hydroxyl groups excluding tert-OH is 1. The second-order valence-electron chi connectivity index (χ2n) is 8.47. The van der Waals surface area contributed by atoms with Crippen LogP contribution in [-0.4, -0.2) is 86.1 Å². The Balaban J connectivity index is 1.72. The Bertz CT molecular complexity index is 1270. The summed E-state index contributed by atoms with van der Waals surface area (Å²) in [6.45, 7) is 1.71. The Morgan fingerprint density at radius 3 is 2.44 bits per heavy atom. The Kier molecular flexibility index (Phi) is 7.74. The Morgan fingerprint density at radius 1 is 1.11 bits per heavy atom. The van der Waals surface area contributed by atoms with Gasteiger partial charge in [-0.2, -0.15) is 4.31 Å². The lowest BCUT2D eigenvalue weighted by atomic mass is 9.95. The fourth-order valence-corrected chi connectivity index (χ4v) is 5.82. The molecular formula is C25H28N2O8S. The molecule has 2 aromatic carbocycles. The zero-order valence-electron chi connectivity index (χ0n) is 19.8. The van der Waals surface area contributed by atoms with Crippen LogP contribution in [-0.2, 0) is 29.1 Å². The highest BCUT2D eigenvalue weighted by Crippen LogP contribution is 2.40. The SMILES string of the molecule is COCCCN1C(=O)C(=O)C(=C(O)c2ccc(S(=O)(=O)N3CCOCC3)cc2)[C@@H]1c1cccc(O)c1. The van der Waals surface area contributed by atoms with Gasteiger partial charge in [-0.15, -0.1) is 0 Å². The summed E-state index contributed by atoms with van der Waals surface area (Å²) in [5.41, 5.74) is 0.516. The van der Waals surface area contributed by atoms with Crippen LogP contribution in [0.15, 0.2) is 59.0 Å². The van der Waals surface area contributed by atoms with E-state index < -0.39 is 33.5 Å². The number of morpholine rings is 1. The van der Waals surface area contributed by atoms with Gasteiger partial charge in [0.2, 0.25) is 10.0 Å². The van der Waals surface area contributed by atoms with E-state index >= 15 is 0 Å². The van der Waals surface area contributed by atoms with Crippen molar-refractivity contribution in [2.45, 2.75) is 17.4 Å². The second kappa shape index (κ2) is 10.8. The molecule has 0 spiro atoms. The van der Waals surface area contributed by atoms with Crippen molar-refractivity contribution in [2.75, 3.05) is 46.6 Å². The second-order valence-corrected chi connectivity index (χ2v) is 10.4. The average Bonchev–Trinajstić information content (AvgIpc) is 3.14. The first-order valence-corrected chi connectivity index (χ1v) is 12.9. The molecule has 0 unspecified atom stereocenters. The van der Waals surface area contributed by atoms with Gasteiger partial charge in [0.15, 0.2) is 0 Å². The third-order valence-corrected chi connectivity index (χ3v) is 8.12. The molecule has 0 aromatic heterocycles. The summed E-state index contributed by atoms with van der Waals surface area (Å²) in [7, 11) is -2.20. The summed E-state index contributed by atoms with van der Waals surface area (Å²) in [5, 5.41) is 21.2. The summed E-state index contributed by atoms with van der Waals surface area (Å²) in [5.74, 6) is -2.10. The molecule has 2 fully saturated rings. The zero-order chi connectivity index (χ0) is 25.9. The number of aliphatic hydroxyl groups is 1. The molecule has 1 amide bonds. The smallest absolute Gasteiger partial charge is 0.295 e. The van der Waals surface area contributed by atoms with E-state index in [9.17, 15) is 28.2 Å². The minimum atomic E-state index is -3.74. The highest BCUT2D eigenvalue weighted by atomic mass is 32.2. The lowest BCUT2D eigenvalue weighted by molar-refractivity contribution is -0.140. The normalized spacial score (nSPS) is 20.7. The fraction of sp³-hybridized carbons (Fsp3) is 0.360. The van der Waals surface area contributed by atoms with Crippen molar-refractivity contribution in [2.24, 2.45) is 0 Å². The summed E-state index contributed by atoms with van der Waals surface area (Å²) in [6, 6.07) is 10.7. The van der Waals surface area contributed by atoms with E-state index in [2.05, 4.69) is 0 Å². The van der Waals surface area contributed by atoms with Crippen LogP contribution in [0.2, 0.25) is 0 Å². The molecule has 0 bridgehead atoms. The fourth-order valence-electron chi connectivity index (χ4n) is 4.41. The van der Waals surface area contributed by atoms with E-state index in [0.717, 1.165) is 0 Å². The summed E-state index contributed by atoms with van der Waals surface area (Å²) in [6.07, 6.45) is 0.465. The van der Waals surface area contributed by atoms with Gasteiger partial charge in [0.1, 0.15) is 11.5 Å². The molecule has 4 rings (SSSR count). The molecule has 36 heavy (non-hydrogen) atoms. The average molecular weight is 517 g/mol. The van der Waals surface area contributed by atoms with E-state index in [1.807, 2.05) is 0 Å². The van der Waals surface area contributed by atoms with Gasteiger partial charge in [0.05, 0.1) is 29.7 Å². The van der Waals surface area contributed by atoms with Crippen LogP contribution >= 0.6 is 0 Å². The van der Waals surface area contributed by atoms with E-state index in [1.54, 1.807) is 12.1 Å². The molecule has 2 saturated heterocycles. The number of hydrogen-bond donors (Lipinski definition) is 2. The van der Waals surface area contributed by atoms with Crippen molar-refractivity contribution in [3.8, 4) is 5.75 Å². The molecule has 192 valence electrons. The van der Waals surface area contributed by atoms with Gasteiger partial charge in [-0.25, -0.2) is 8.42 Å². The first-order valence-electron chi connectivity index (χ1n) is 11.5. The van der Waals surface area contributed by atoms with Gasteiger partial charge < -0.3 is 24.6 Å². The summed E-state index contributed by atoms with van der Waals surface area (Å²) < 4.78 is 37.4. The van der Waals surface area contributed by atoms with Crippen LogP contribution in [0.25, 0.3) is 5.76 Å². The minimum Gasteiger partial charge on any atom is -0.508 e. The molecular weight excluding hydrogens is 488 g/mol. The molecule has 10 nitrogen and oxygen atoms in total. The van der Waals surface area contributed by atoms with Crippen molar-refractivity contribution in [3.63, 3.8) is 0 Å². The predicted octanol–water partition coefficient (Wildman–Crippen LogP) is 1.87. The number of ketones is 1. The molecule has 1 atom stereocenters. The first kappa shape index (κ1) is 25.8. The van der Waals surface area contributed by atoms with Gasteiger partial charge in [-0.1, -0.05) is 12.1 Å². The van der Waals surface area contributed by atoms with E-state index in [-0.39, 0.29) is 41.4 Å². The topological polar surface area (TPSA) is 134 Å². The number of amides is 1. The molecule has 0 saturated carbocycles. The van der Waals surface area contributed by atoms with Crippen LogP contribution in [0, 0.1) is 0 Å². The van der Waals surface area contributed by atoms with Gasteiger partial charge in [0.25, 0.3) is 11.7 Å². The number of benzene rings is 2. The Morgan fingerprint density at radius 2 is 1.81 bits per heavy atom. The summed E-state index contributed by atoms with van der Waals surface area (Å²) >= 11 is 0. The van der Waals surface area contributed by atoms with Crippen LogP contribution in [0.3, 0.4) is 0 Å². The molecule has 11 heteroatoms. The largest absolute Gasteiger partial charge is 0.508 e. The highest BCUT2D eigenvalue weighted by molar-refractivity contribution is 7.89. The lowest BCUT2D eigenvalue weighted by Crippen LogP contribution is -2.40. The van der Waals surface area contributed by atoms with Gasteiger partial charge in [0, 0.05) is 38.9 Å². The molecule has 0 aliphatic carbocycles. The molecule has 2 aliphatic rings. The molecule has 2 N–H and O–H groups in total. The van der Waals surface area contributed by atoms with Gasteiger partial charge in [-0.3, -0.25) is 9.59 Å². The predicted molar refractivity (Wildman–Crippen MR) is 130 cm³/mol. The van der Waals surface area contributed by atoms with Crippen molar-refractivity contribution in [1.82, 2.24) is 9.21 Å². The molecule has 0 radical (unpaired) electrons. The molecule has 2 heterocycles. The Hall–Kier alpha value is -3.25. The number of aromatic hydroxyl groups is 1. The first-order chi connectivity index (χ1) is 17.3. The maximum atomic E-state index is 13.0. The van der Waals surface area contributed by atoms with Crippen LogP contribution in [0.1, 0.15) is 23.6 Å². The van der Waals surface area contributed by atoms with Gasteiger partial charge >= 0.3 is 0 Å². The van der Waals surface area contributed by atoms with Crippen molar-refractivity contribution < 1.29 is 37.7 Å². The number of carbonyl (C=O) groups is 2. The molecule has 2 aliphatic heterocycles. The number of Topliss-reactive ketones (excluding diaryl/α,β-unsaturated/α-hetero) is 1. The number of phenolic OH excluding ortho intramolecular Hbond substituents is 1. The maximum absolute atomic E-state index is 13.0. The monoisotopic (exact) mass is 516 g/mol. The van der Waals surface area contributed by atoms with E-state index in [4.69, 9.17) is 9.47 Å². The third-order valence-electron chi connectivity index (χ3n) is 6.21. The van der Waals surface area contributed by atoms with Gasteiger partial charge in [-0.05, 0) is 48.4 Å². The van der Waals surface area contributed by atoms with Crippen LogP contribution in [0.4, 0.5) is 0 Å². The lowest BCUT2D eigenvalue weighted by Gasteiger charge is -2.26. The number of ether oxygens (including phenoxy) is 2. The summed E-state index contributed by atoms with van der Waals surface area (Å²) in [4.78, 5) is 27.3. The van der Waals surface area contributed by atoms with Crippen LogP contribution < -0.4 is 0 Å². The number of sulfonamides is 1. The van der Waals surface area contributed by atoms with Crippen LogP contribution in [0.5, 0.6) is 5.75 Å². The Labute approximate surface area is 209 Å². The number of nitrogens with zero attached hydrogens (tertiary/aromatic N) is 2. The quantitative estimate of drug-likeness (QED) is 0.235. The maximum Gasteiger partial charge on any atom is 0.295 e. The number of hydrogen-bond acceptors (Lipinski definition) is 8. The molecule has 2 aromatic rings. The third kappa shape index (κ3) is 5.00. The van der Waals surface area contributed by atoms with E-state index in [0.29, 0.717) is 31.8 Å². The van der Waals surface area contributed by atoms with Crippen molar-refractivity contribution >= 4 is 27.5 Å². The van der Waals surface area contributed by atoms with E-state index in [1.165, 1.54) is 52.7 Å². The number of likely N-dealkylation sites (tertiary alicyclic amines) is 1. The number of rotatable bonds is 8. The van der Waals surface area contributed by atoms with Crippen molar-refractivity contribution in [1.29, 1.82) is 0 Å². The minimum absolute atomic E-state index is 0.0468. The number of methoxy groups -OCH3 is 1. The zero-order valence-corrected chi connectivity index (χ0v) is 20.6. The highest BCUT2D eigenvalue weighted by Gasteiger charge is 2.46.